The maximum Gasteiger partial charge on any atom is 0.0699 e. The summed E-state index contributed by atoms with van der Waals surface area (Å²) in [5.41, 5.74) is 6.57. The van der Waals surface area contributed by atoms with Crippen LogP contribution in [0.5, 0.6) is 0 Å². The number of nitrogens with one attached hydrogen (secondary N) is 1. The Bertz CT molecular complexity index is 274. The first-order chi connectivity index (χ1) is 9.01. The van der Waals surface area contributed by atoms with Crippen molar-refractivity contribution in [2.45, 2.75) is 65.0 Å². The Hall–Kier alpha value is -0.120. The van der Waals surface area contributed by atoms with Crippen LogP contribution in [-0.2, 0) is 4.74 Å². The average molecular weight is 268 g/mol. The van der Waals surface area contributed by atoms with Crippen molar-refractivity contribution in [2.75, 3.05) is 19.7 Å². The van der Waals surface area contributed by atoms with E-state index in [1.165, 1.54) is 32.1 Å². The summed E-state index contributed by atoms with van der Waals surface area (Å²) in [6.07, 6.45) is 6.67. The van der Waals surface area contributed by atoms with Crippen LogP contribution in [0.15, 0.2) is 0 Å². The highest BCUT2D eigenvalue weighted by Crippen LogP contribution is 2.43. The maximum absolute atomic E-state index is 6.22. The van der Waals surface area contributed by atoms with Gasteiger partial charge in [0.15, 0.2) is 0 Å². The van der Waals surface area contributed by atoms with E-state index in [0.29, 0.717) is 23.5 Å². The molecule has 4 unspecified atom stereocenters. The van der Waals surface area contributed by atoms with Crippen LogP contribution in [0.4, 0.5) is 0 Å². The van der Waals surface area contributed by atoms with Crippen molar-refractivity contribution in [1.29, 1.82) is 0 Å². The first-order valence-corrected chi connectivity index (χ1v) is 8.09. The Labute approximate surface area is 118 Å². The minimum absolute atomic E-state index is 0.345. The Morgan fingerprint density at radius 2 is 1.95 bits per heavy atom. The van der Waals surface area contributed by atoms with Crippen LogP contribution in [0.3, 0.4) is 0 Å². The molecule has 0 bridgehead atoms. The summed E-state index contributed by atoms with van der Waals surface area (Å²) in [4.78, 5) is 0. The van der Waals surface area contributed by atoms with E-state index >= 15 is 0 Å². The van der Waals surface area contributed by atoms with E-state index in [4.69, 9.17) is 10.5 Å². The van der Waals surface area contributed by atoms with E-state index in [-0.39, 0.29) is 0 Å². The summed E-state index contributed by atoms with van der Waals surface area (Å²) in [7, 11) is 0. The molecule has 4 atom stereocenters. The van der Waals surface area contributed by atoms with Gasteiger partial charge in [0.25, 0.3) is 0 Å². The van der Waals surface area contributed by atoms with Crippen LogP contribution < -0.4 is 11.1 Å². The highest BCUT2D eigenvalue weighted by atomic mass is 16.5. The molecule has 19 heavy (non-hydrogen) atoms. The van der Waals surface area contributed by atoms with E-state index in [0.717, 1.165) is 25.6 Å². The third kappa shape index (κ3) is 3.71. The van der Waals surface area contributed by atoms with Gasteiger partial charge in [0, 0.05) is 19.2 Å². The zero-order valence-corrected chi connectivity index (χ0v) is 13.0. The molecule has 2 fully saturated rings. The summed E-state index contributed by atoms with van der Waals surface area (Å²) < 4.78 is 5.77. The molecule has 0 aromatic rings. The summed E-state index contributed by atoms with van der Waals surface area (Å²) in [5, 5.41) is 3.65. The van der Waals surface area contributed by atoms with Crippen molar-refractivity contribution in [3.05, 3.63) is 0 Å². The second kappa shape index (κ2) is 6.55. The molecule has 1 aliphatic heterocycles. The second-order valence-electron chi connectivity index (χ2n) is 7.20. The average Bonchev–Trinajstić information content (AvgIpc) is 2.40. The standard InChI is InChI=1S/C16H32N2O/c1-12-15(17)8-7-13(16(12,2)3)10-18-11-14-6-4-5-9-19-14/h12-15,18H,4-11,17H2,1-3H3. The van der Waals surface area contributed by atoms with E-state index in [2.05, 4.69) is 26.1 Å². The lowest BCUT2D eigenvalue weighted by atomic mass is 9.61. The first-order valence-electron chi connectivity index (χ1n) is 8.09. The Morgan fingerprint density at radius 1 is 1.16 bits per heavy atom. The molecule has 3 heteroatoms. The van der Waals surface area contributed by atoms with Gasteiger partial charge in [-0.3, -0.25) is 0 Å². The normalized spacial score (nSPS) is 39.2. The molecule has 1 aliphatic carbocycles. The lowest BCUT2D eigenvalue weighted by molar-refractivity contribution is 0.0113. The monoisotopic (exact) mass is 268 g/mol. The maximum atomic E-state index is 6.22. The fourth-order valence-electron chi connectivity index (χ4n) is 3.69. The summed E-state index contributed by atoms with van der Waals surface area (Å²) in [5.74, 6) is 1.35. The van der Waals surface area contributed by atoms with Gasteiger partial charge >= 0.3 is 0 Å². The summed E-state index contributed by atoms with van der Waals surface area (Å²) in [6, 6.07) is 0.382. The molecule has 0 amide bonds. The molecule has 0 spiro atoms. The van der Waals surface area contributed by atoms with Gasteiger partial charge in [0.1, 0.15) is 0 Å². The first kappa shape index (κ1) is 15.3. The second-order valence-corrected chi connectivity index (χ2v) is 7.20. The zero-order chi connectivity index (χ0) is 13.9. The van der Waals surface area contributed by atoms with Gasteiger partial charge in [-0.1, -0.05) is 20.8 Å². The smallest absolute Gasteiger partial charge is 0.0699 e. The number of hydrogen-bond donors (Lipinski definition) is 2. The van der Waals surface area contributed by atoms with Crippen molar-refractivity contribution in [1.82, 2.24) is 5.32 Å². The van der Waals surface area contributed by atoms with Crippen LogP contribution in [0.1, 0.15) is 52.9 Å². The predicted molar refractivity (Wildman–Crippen MR) is 80.1 cm³/mol. The van der Waals surface area contributed by atoms with Crippen molar-refractivity contribution in [3.8, 4) is 0 Å². The number of ether oxygens (including phenoxy) is 1. The number of hydrogen-bond acceptors (Lipinski definition) is 3. The molecule has 112 valence electrons. The molecule has 0 radical (unpaired) electrons. The number of rotatable bonds is 4. The highest BCUT2D eigenvalue weighted by molar-refractivity contribution is 4.94. The molecule has 2 aliphatic rings. The van der Waals surface area contributed by atoms with Crippen molar-refractivity contribution >= 4 is 0 Å². The Balaban J connectivity index is 1.75. The third-order valence-corrected chi connectivity index (χ3v) is 5.75. The van der Waals surface area contributed by atoms with Gasteiger partial charge in [-0.05, 0) is 55.9 Å². The van der Waals surface area contributed by atoms with Gasteiger partial charge < -0.3 is 15.8 Å². The Kier molecular flexibility index (Phi) is 5.27. The molecule has 3 N–H and O–H groups in total. The van der Waals surface area contributed by atoms with E-state index in [1.807, 2.05) is 0 Å². The summed E-state index contributed by atoms with van der Waals surface area (Å²) >= 11 is 0. The van der Waals surface area contributed by atoms with Crippen LogP contribution in [0, 0.1) is 17.3 Å². The van der Waals surface area contributed by atoms with Crippen molar-refractivity contribution in [3.63, 3.8) is 0 Å². The fourth-order valence-corrected chi connectivity index (χ4v) is 3.69. The van der Waals surface area contributed by atoms with Gasteiger partial charge in [-0.15, -0.1) is 0 Å². The van der Waals surface area contributed by atoms with Crippen LogP contribution >= 0.6 is 0 Å². The molecule has 0 aromatic heterocycles. The largest absolute Gasteiger partial charge is 0.377 e. The Morgan fingerprint density at radius 3 is 2.63 bits per heavy atom. The lowest BCUT2D eigenvalue weighted by Gasteiger charge is -2.47. The molecule has 2 rings (SSSR count). The van der Waals surface area contributed by atoms with Gasteiger partial charge in [-0.2, -0.15) is 0 Å². The molecular weight excluding hydrogens is 236 g/mol. The minimum Gasteiger partial charge on any atom is -0.377 e. The van der Waals surface area contributed by atoms with Crippen LogP contribution in [0.25, 0.3) is 0 Å². The predicted octanol–water partition coefficient (Wildman–Crippen LogP) is 2.54. The molecular formula is C16H32N2O. The zero-order valence-electron chi connectivity index (χ0n) is 13.0. The quantitative estimate of drug-likeness (QED) is 0.824. The van der Waals surface area contributed by atoms with Crippen molar-refractivity contribution in [2.24, 2.45) is 23.0 Å². The molecule has 3 nitrogen and oxygen atoms in total. The van der Waals surface area contributed by atoms with Gasteiger partial charge in [0.2, 0.25) is 0 Å². The van der Waals surface area contributed by atoms with Gasteiger partial charge in [0.05, 0.1) is 6.10 Å². The van der Waals surface area contributed by atoms with Crippen LogP contribution in [0.2, 0.25) is 0 Å². The molecule has 0 aromatic carbocycles. The SMILES string of the molecule is CC1C(N)CCC(CNCC2CCCCO2)C1(C)C. The highest BCUT2D eigenvalue weighted by Gasteiger charge is 2.41. The molecule has 1 saturated carbocycles. The van der Waals surface area contributed by atoms with Crippen molar-refractivity contribution < 1.29 is 4.74 Å². The molecule has 1 heterocycles. The van der Waals surface area contributed by atoms with E-state index in [1.54, 1.807) is 0 Å². The lowest BCUT2D eigenvalue weighted by Crippen LogP contribution is -2.50. The summed E-state index contributed by atoms with van der Waals surface area (Å²) in [6.45, 7) is 10.2. The van der Waals surface area contributed by atoms with Crippen LogP contribution in [-0.4, -0.2) is 31.8 Å². The number of nitrogens with two attached hydrogens (primary N) is 1. The fraction of sp³-hybridized carbons (Fsp3) is 1.00. The topological polar surface area (TPSA) is 47.3 Å². The minimum atomic E-state index is 0.345. The van der Waals surface area contributed by atoms with Gasteiger partial charge in [-0.25, -0.2) is 0 Å². The third-order valence-electron chi connectivity index (χ3n) is 5.75. The van der Waals surface area contributed by atoms with E-state index < -0.39 is 0 Å². The van der Waals surface area contributed by atoms with E-state index in [9.17, 15) is 0 Å². The molecule has 1 saturated heterocycles.